The first kappa shape index (κ1) is 19.4. The number of rotatable bonds is 8. The number of ether oxygens (including phenoxy) is 1. The van der Waals surface area contributed by atoms with Gasteiger partial charge < -0.3 is 4.74 Å². The first-order valence-electron chi connectivity index (χ1n) is 9.59. The Hall–Kier alpha value is -1.90. The van der Waals surface area contributed by atoms with Crippen LogP contribution in [-0.4, -0.2) is 35.4 Å². The van der Waals surface area contributed by atoms with E-state index in [0.29, 0.717) is 11.6 Å². The largest absolute Gasteiger partial charge is 0.455 e. The normalized spacial score (nSPS) is 24.8. The van der Waals surface area contributed by atoms with Crippen LogP contribution in [0, 0.1) is 0 Å². The lowest BCUT2D eigenvalue weighted by atomic mass is 10.0. The fraction of sp³-hybridized carbons (Fsp3) is 0.545. The summed E-state index contributed by atoms with van der Waals surface area (Å²) >= 11 is 0. The molecule has 0 aliphatic carbocycles. The molecule has 2 heterocycles. The number of cyclic esters (lactones) is 1. The van der Waals surface area contributed by atoms with E-state index in [-0.39, 0.29) is 12.1 Å². The molecular weight excluding hydrogens is 310 g/mol. The van der Waals surface area contributed by atoms with Crippen molar-refractivity contribution in [2.75, 3.05) is 7.05 Å². The topological polar surface area (TPSA) is 29.3 Å². The molecule has 0 radical (unpaired) electrons. The van der Waals surface area contributed by atoms with Crippen LogP contribution in [0.1, 0.15) is 58.8 Å². The molecule has 2 aliphatic rings. The van der Waals surface area contributed by atoms with Gasteiger partial charge in [-0.1, -0.05) is 30.4 Å². The number of carbonyl (C=O) groups excluding carboxylic acids is 1. The Morgan fingerprint density at radius 1 is 1.16 bits per heavy atom. The van der Waals surface area contributed by atoms with E-state index < -0.39 is 0 Å². The number of allylic oxidation sites excluding steroid dienone is 5. The number of hydrogen-bond donors (Lipinski definition) is 0. The van der Waals surface area contributed by atoms with E-state index >= 15 is 0 Å². The van der Waals surface area contributed by atoms with Gasteiger partial charge in [-0.3, -0.25) is 0 Å². The van der Waals surface area contributed by atoms with Crippen molar-refractivity contribution in [1.29, 1.82) is 0 Å². The first-order chi connectivity index (χ1) is 12.1. The third kappa shape index (κ3) is 6.49. The number of unbranched alkanes of at least 4 members (excludes halogenated alkanes) is 3. The molecule has 2 rings (SSSR count). The maximum atomic E-state index is 11.4. The van der Waals surface area contributed by atoms with Crippen molar-refractivity contribution in [1.82, 2.24) is 0 Å². The van der Waals surface area contributed by atoms with Crippen molar-refractivity contribution in [3.8, 4) is 0 Å². The fourth-order valence-electron chi connectivity index (χ4n) is 3.22. The second-order valence-corrected chi connectivity index (χ2v) is 7.05. The highest BCUT2D eigenvalue weighted by atomic mass is 16.5. The zero-order valence-electron chi connectivity index (χ0n) is 15.9. The van der Waals surface area contributed by atoms with Gasteiger partial charge in [0, 0.05) is 18.9 Å². The van der Waals surface area contributed by atoms with E-state index in [1.807, 2.05) is 19.1 Å². The van der Waals surface area contributed by atoms with Crippen LogP contribution >= 0.6 is 0 Å². The summed E-state index contributed by atoms with van der Waals surface area (Å²) in [6, 6.07) is 0.662. The minimum absolute atomic E-state index is 0.0832. The van der Waals surface area contributed by atoms with Gasteiger partial charge in [0.15, 0.2) is 5.71 Å². The lowest BCUT2D eigenvalue weighted by molar-refractivity contribution is -0.539. The molecule has 0 aromatic heterocycles. The molecule has 0 saturated heterocycles. The van der Waals surface area contributed by atoms with Crippen molar-refractivity contribution in [2.24, 2.45) is 0 Å². The van der Waals surface area contributed by atoms with Crippen molar-refractivity contribution >= 4 is 11.7 Å². The third-order valence-corrected chi connectivity index (χ3v) is 4.94. The van der Waals surface area contributed by atoms with Gasteiger partial charge in [0.1, 0.15) is 19.2 Å². The van der Waals surface area contributed by atoms with Crippen LogP contribution in [0.5, 0.6) is 0 Å². The highest BCUT2D eigenvalue weighted by Crippen LogP contribution is 2.15. The van der Waals surface area contributed by atoms with Gasteiger partial charge >= 0.3 is 5.97 Å². The highest BCUT2D eigenvalue weighted by Gasteiger charge is 2.20. The summed E-state index contributed by atoms with van der Waals surface area (Å²) in [5.41, 5.74) is 2.14. The minimum atomic E-state index is -0.200. The Labute approximate surface area is 152 Å². The SMILES string of the molecule is CC1CCCC(/C=C/C=C/CCCC/C=C/C2=C[C@H](C)OC2=O)=[N+]1C. The third-order valence-electron chi connectivity index (χ3n) is 4.94. The Kier molecular flexibility index (Phi) is 7.90. The zero-order valence-corrected chi connectivity index (χ0v) is 15.9. The zero-order chi connectivity index (χ0) is 18.1. The average molecular weight is 343 g/mol. The Bertz CT molecular complexity index is 608. The summed E-state index contributed by atoms with van der Waals surface area (Å²) < 4.78 is 7.46. The molecule has 2 atom stereocenters. The van der Waals surface area contributed by atoms with E-state index in [2.05, 4.69) is 48.9 Å². The Morgan fingerprint density at radius 3 is 2.64 bits per heavy atom. The first-order valence-corrected chi connectivity index (χ1v) is 9.59. The molecule has 0 amide bonds. The lowest BCUT2D eigenvalue weighted by Crippen LogP contribution is -2.29. The van der Waals surface area contributed by atoms with Crippen LogP contribution in [-0.2, 0) is 9.53 Å². The minimum Gasteiger partial charge on any atom is -0.455 e. The molecule has 1 unspecified atom stereocenters. The van der Waals surface area contributed by atoms with Crippen LogP contribution in [0.2, 0.25) is 0 Å². The van der Waals surface area contributed by atoms with Crippen LogP contribution in [0.4, 0.5) is 0 Å². The van der Waals surface area contributed by atoms with Crippen LogP contribution in [0.3, 0.4) is 0 Å². The number of hydrogen-bond acceptors (Lipinski definition) is 2. The van der Waals surface area contributed by atoms with Crippen LogP contribution in [0.15, 0.2) is 48.1 Å². The predicted molar refractivity (Wildman–Crippen MR) is 104 cm³/mol. The second-order valence-electron chi connectivity index (χ2n) is 7.05. The lowest BCUT2D eigenvalue weighted by Gasteiger charge is -2.15. The Balaban J connectivity index is 1.59. The molecule has 0 aromatic carbocycles. The van der Waals surface area contributed by atoms with Gasteiger partial charge in [-0.05, 0) is 52.0 Å². The van der Waals surface area contributed by atoms with E-state index in [1.165, 1.54) is 31.4 Å². The maximum absolute atomic E-state index is 11.4. The Morgan fingerprint density at radius 2 is 1.92 bits per heavy atom. The molecular formula is C22H32NO2+. The van der Waals surface area contributed by atoms with Gasteiger partial charge in [-0.15, -0.1) is 0 Å². The molecule has 0 saturated carbocycles. The van der Waals surface area contributed by atoms with Crippen LogP contribution in [0.25, 0.3) is 0 Å². The summed E-state index contributed by atoms with van der Waals surface area (Å²) in [5.74, 6) is -0.200. The number of carbonyl (C=O) groups is 1. The average Bonchev–Trinajstić information content (AvgIpc) is 2.90. The number of esters is 1. The summed E-state index contributed by atoms with van der Waals surface area (Å²) in [6.45, 7) is 4.18. The van der Waals surface area contributed by atoms with Gasteiger partial charge in [0.2, 0.25) is 0 Å². The van der Waals surface area contributed by atoms with Gasteiger partial charge in [0.05, 0.1) is 5.57 Å². The van der Waals surface area contributed by atoms with E-state index in [0.717, 1.165) is 19.3 Å². The van der Waals surface area contributed by atoms with Crippen molar-refractivity contribution in [3.63, 3.8) is 0 Å². The molecule has 25 heavy (non-hydrogen) atoms. The standard InChI is InChI=1S/C22H32NO2/c1-18-13-12-16-21(23(18)3)15-11-9-7-5-4-6-8-10-14-20-17-19(2)25-22(20)24/h7,9-11,14-15,17-19H,4-6,8,12-13,16H2,1-3H3/q+1/b9-7+,14-10+,15-11+/t18?,19-/m0/s1. The quantitative estimate of drug-likeness (QED) is 0.276. The molecule has 0 aromatic rings. The van der Waals surface area contributed by atoms with Crippen molar-refractivity contribution in [3.05, 3.63) is 48.1 Å². The molecule has 2 aliphatic heterocycles. The molecule has 0 fully saturated rings. The molecule has 136 valence electrons. The summed E-state index contributed by atoms with van der Waals surface area (Å²) in [4.78, 5) is 11.4. The number of nitrogens with zero attached hydrogens (tertiary/aromatic N) is 1. The van der Waals surface area contributed by atoms with Gasteiger partial charge in [-0.2, -0.15) is 0 Å². The summed E-state index contributed by atoms with van der Waals surface area (Å²) in [7, 11) is 2.20. The monoisotopic (exact) mass is 342 g/mol. The highest BCUT2D eigenvalue weighted by molar-refractivity contribution is 5.93. The summed E-state index contributed by atoms with van der Waals surface area (Å²) in [6.07, 6.45) is 22.8. The molecule has 0 spiro atoms. The maximum Gasteiger partial charge on any atom is 0.338 e. The summed E-state index contributed by atoms with van der Waals surface area (Å²) in [5, 5.41) is 0. The van der Waals surface area contributed by atoms with Crippen molar-refractivity contribution < 1.29 is 14.1 Å². The van der Waals surface area contributed by atoms with Gasteiger partial charge in [0.25, 0.3) is 0 Å². The molecule has 3 nitrogen and oxygen atoms in total. The molecule has 0 bridgehead atoms. The molecule has 3 heteroatoms. The van der Waals surface area contributed by atoms with E-state index in [1.54, 1.807) is 0 Å². The molecule has 0 N–H and O–H groups in total. The fourth-order valence-corrected chi connectivity index (χ4v) is 3.22. The van der Waals surface area contributed by atoms with E-state index in [4.69, 9.17) is 4.74 Å². The van der Waals surface area contributed by atoms with Crippen LogP contribution < -0.4 is 0 Å². The van der Waals surface area contributed by atoms with Gasteiger partial charge in [-0.25, -0.2) is 9.37 Å². The predicted octanol–water partition coefficient (Wildman–Crippen LogP) is 4.74. The second kappa shape index (κ2) is 10.2. The van der Waals surface area contributed by atoms with Crippen molar-refractivity contribution in [2.45, 2.75) is 70.9 Å². The smallest absolute Gasteiger partial charge is 0.338 e. The van der Waals surface area contributed by atoms with E-state index in [9.17, 15) is 4.79 Å².